The van der Waals surface area contributed by atoms with Crippen LogP contribution in [0.3, 0.4) is 0 Å². The van der Waals surface area contributed by atoms with Crippen molar-refractivity contribution in [3.8, 4) is 0 Å². The van der Waals surface area contributed by atoms with Gasteiger partial charge in [0.2, 0.25) is 0 Å². The highest BCUT2D eigenvalue weighted by Crippen LogP contribution is 2.17. The van der Waals surface area contributed by atoms with E-state index in [9.17, 15) is 14.4 Å². The third-order valence-corrected chi connectivity index (χ3v) is 4.68. The van der Waals surface area contributed by atoms with Gasteiger partial charge in [-0.2, -0.15) is 0 Å². The largest absolute Gasteiger partial charge is 0.458 e. The lowest BCUT2D eigenvalue weighted by atomic mass is 10.1. The summed E-state index contributed by atoms with van der Waals surface area (Å²) >= 11 is 0. The van der Waals surface area contributed by atoms with E-state index in [-0.39, 0.29) is 13.2 Å². The molecule has 0 aliphatic carbocycles. The number of hydrogen-bond acceptors (Lipinski definition) is 7. The fourth-order valence-electron chi connectivity index (χ4n) is 3.27. The molecule has 1 heterocycles. The molecule has 184 valence electrons. The van der Waals surface area contributed by atoms with Crippen LogP contribution in [0.15, 0.2) is 30.3 Å². The Hall–Kier alpha value is -2.81. The average Bonchev–Trinajstić information content (AvgIpc) is 2.70. The lowest BCUT2D eigenvalue weighted by Gasteiger charge is -2.40. The number of nitrogens with zero attached hydrogens (tertiary/aromatic N) is 2. The second-order valence-electron chi connectivity index (χ2n) is 10.0. The quantitative estimate of drug-likeness (QED) is 0.511. The minimum atomic E-state index is -0.803. The van der Waals surface area contributed by atoms with Gasteiger partial charge in [-0.1, -0.05) is 30.3 Å². The number of carbonyl (C=O) groups is 3. The first-order valence-electron chi connectivity index (χ1n) is 11.2. The molecule has 0 aromatic heterocycles. The number of alkyl carbamates (subject to hydrolysis) is 1. The third-order valence-electron chi connectivity index (χ3n) is 4.68. The van der Waals surface area contributed by atoms with Gasteiger partial charge in [-0.25, -0.2) is 14.4 Å². The monoisotopic (exact) mass is 463 g/mol. The van der Waals surface area contributed by atoms with E-state index in [4.69, 9.17) is 14.2 Å². The fourth-order valence-corrected chi connectivity index (χ4v) is 3.27. The van der Waals surface area contributed by atoms with Gasteiger partial charge in [0.25, 0.3) is 0 Å². The first-order valence-corrected chi connectivity index (χ1v) is 11.2. The zero-order valence-corrected chi connectivity index (χ0v) is 20.6. The molecule has 2 amide bonds. The van der Waals surface area contributed by atoms with E-state index in [0.29, 0.717) is 26.2 Å². The molecule has 1 fully saturated rings. The zero-order valence-electron chi connectivity index (χ0n) is 20.6. The Kier molecular flexibility index (Phi) is 9.10. The Labute approximate surface area is 196 Å². The van der Waals surface area contributed by atoms with Crippen LogP contribution in [0.2, 0.25) is 0 Å². The van der Waals surface area contributed by atoms with E-state index in [0.717, 1.165) is 5.56 Å². The number of rotatable bonds is 6. The van der Waals surface area contributed by atoms with Crippen LogP contribution in [0.25, 0.3) is 0 Å². The van der Waals surface area contributed by atoms with Crippen molar-refractivity contribution in [1.29, 1.82) is 0 Å². The predicted octanol–water partition coefficient (Wildman–Crippen LogP) is 3.18. The lowest BCUT2D eigenvalue weighted by molar-refractivity contribution is -0.163. The van der Waals surface area contributed by atoms with Gasteiger partial charge in [-0.3, -0.25) is 9.80 Å². The molecular formula is C24H37N3O6. The standard InChI is InChI=1S/C24H37N3O6/c1-23(2,3)32-20(28)19-16-26(13-12-25-21(29)33-24(4,5)6)14-15-27(19)22(30)31-17-18-10-8-7-9-11-18/h7-11,19H,12-17H2,1-6H3,(H,25,29). The molecule has 1 aromatic rings. The highest BCUT2D eigenvalue weighted by atomic mass is 16.6. The number of carbonyl (C=O) groups excluding carboxylic acids is 3. The number of ether oxygens (including phenoxy) is 3. The van der Waals surface area contributed by atoms with Crippen molar-refractivity contribution in [2.24, 2.45) is 0 Å². The second kappa shape index (κ2) is 11.4. The van der Waals surface area contributed by atoms with Gasteiger partial charge in [0, 0.05) is 32.7 Å². The molecule has 1 saturated heterocycles. The van der Waals surface area contributed by atoms with Crippen LogP contribution in [0.4, 0.5) is 9.59 Å². The SMILES string of the molecule is CC(C)(C)OC(=O)NCCN1CCN(C(=O)OCc2ccccc2)C(C(=O)OC(C)(C)C)C1. The summed E-state index contributed by atoms with van der Waals surface area (Å²) in [5.74, 6) is -0.482. The minimum Gasteiger partial charge on any atom is -0.458 e. The molecule has 0 bridgehead atoms. The van der Waals surface area contributed by atoms with E-state index in [2.05, 4.69) is 5.32 Å². The summed E-state index contributed by atoms with van der Waals surface area (Å²) in [6.45, 7) is 12.9. The second-order valence-corrected chi connectivity index (χ2v) is 10.0. The molecule has 0 saturated carbocycles. The molecule has 1 aliphatic heterocycles. The van der Waals surface area contributed by atoms with E-state index >= 15 is 0 Å². The van der Waals surface area contributed by atoms with Crippen molar-refractivity contribution >= 4 is 18.2 Å². The van der Waals surface area contributed by atoms with Crippen LogP contribution >= 0.6 is 0 Å². The molecular weight excluding hydrogens is 426 g/mol. The van der Waals surface area contributed by atoms with Crippen molar-refractivity contribution in [1.82, 2.24) is 15.1 Å². The number of hydrogen-bond donors (Lipinski definition) is 1. The van der Waals surface area contributed by atoms with Crippen LogP contribution in [0, 0.1) is 0 Å². The smallest absolute Gasteiger partial charge is 0.410 e. The van der Waals surface area contributed by atoms with Crippen molar-refractivity contribution in [2.75, 3.05) is 32.7 Å². The topological polar surface area (TPSA) is 97.4 Å². The normalized spacial score (nSPS) is 17.3. The number of piperazine rings is 1. The van der Waals surface area contributed by atoms with Gasteiger partial charge in [-0.15, -0.1) is 0 Å². The molecule has 1 unspecified atom stereocenters. The minimum absolute atomic E-state index is 0.126. The maximum absolute atomic E-state index is 12.9. The van der Waals surface area contributed by atoms with Crippen molar-refractivity contribution in [3.63, 3.8) is 0 Å². The van der Waals surface area contributed by atoms with Gasteiger partial charge < -0.3 is 19.5 Å². The molecule has 9 nitrogen and oxygen atoms in total. The fraction of sp³-hybridized carbons (Fsp3) is 0.625. The summed E-state index contributed by atoms with van der Waals surface area (Å²) < 4.78 is 16.3. The molecule has 33 heavy (non-hydrogen) atoms. The van der Waals surface area contributed by atoms with E-state index in [1.54, 1.807) is 41.5 Å². The summed E-state index contributed by atoms with van der Waals surface area (Å²) in [6.07, 6.45) is -1.05. The summed E-state index contributed by atoms with van der Waals surface area (Å²) in [7, 11) is 0. The third kappa shape index (κ3) is 9.69. The van der Waals surface area contributed by atoms with Gasteiger partial charge in [0.15, 0.2) is 0 Å². The van der Waals surface area contributed by atoms with Crippen LogP contribution in [0.1, 0.15) is 47.1 Å². The number of nitrogens with one attached hydrogen (secondary N) is 1. The maximum Gasteiger partial charge on any atom is 0.410 e. The molecule has 1 atom stereocenters. The first-order chi connectivity index (χ1) is 15.3. The average molecular weight is 464 g/mol. The lowest BCUT2D eigenvalue weighted by Crippen LogP contribution is -2.60. The number of amides is 2. The Morgan fingerprint density at radius 1 is 0.970 bits per heavy atom. The Bertz CT molecular complexity index is 801. The summed E-state index contributed by atoms with van der Waals surface area (Å²) in [5.41, 5.74) is -0.388. The first kappa shape index (κ1) is 26.4. The van der Waals surface area contributed by atoms with Crippen LogP contribution in [-0.2, 0) is 25.6 Å². The van der Waals surface area contributed by atoms with Crippen LogP contribution in [-0.4, -0.2) is 77.9 Å². The van der Waals surface area contributed by atoms with E-state index in [1.807, 2.05) is 35.2 Å². The maximum atomic E-state index is 12.9. The van der Waals surface area contributed by atoms with E-state index in [1.165, 1.54) is 4.90 Å². The highest BCUT2D eigenvalue weighted by Gasteiger charge is 2.38. The van der Waals surface area contributed by atoms with Crippen LogP contribution in [0.5, 0.6) is 0 Å². The van der Waals surface area contributed by atoms with Gasteiger partial charge >= 0.3 is 18.2 Å². The predicted molar refractivity (Wildman–Crippen MR) is 124 cm³/mol. The summed E-state index contributed by atoms with van der Waals surface area (Å²) in [6, 6.07) is 8.57. The van der Waals surface area contributed by atoms with E-state index < -0.39 is 35.4 Å². The molecule has 1 aliphatic rings. The van der Waals surface area contributed by atoms with Crippen molar-refractivity contribution in [2.45, 2.75) is 65.4 Å². The van der Waals surface area contributed by atoms with Gasteiger partial charge in [-0.05, 0) is 47.1 Å². The van der Waals surface area contributed by atoms with Crippen molar-refractivity contribution < 1.29 is 28.6 Å². The number of benzene rings is 1. The van der Waals surface area contributed by atoms with Crippen LogP contribution < -0.4 is 5.32 Å². The van der Waals surface area contributed by atoms with Crippen molar-refractivity contribution in [3.05, 3.63) is 35.9 Å². The van der Waals surface area contributed by atoms with Gasteiger partial charge in [0.05, 0.1) is 0 Å². The Morgan fingerprint density at radius 3 is 2.21 bits per heavy atom. The molecule has 9 heteroatoms. The zero-order chi connectivity index (χ0) is 24.6. The molecule has 1 aromatic carbocycles. The molecule has 1 N–H and O–H groups in total. The highest BCUT2D eigenvalue weighted by molar-refractivity contribution is 5.82. The molecule has 0 spiro atoms. The Balaban J connectivity index is 1.97. The summed E-state index contributed by atoms with van der Waals surface area (Å²) in [5, 5.41) is 2.72. The molecule has 0 radical (unpaired) electrons. The Morgan fingerprint density at radius 2 is 1.61 bits per heavy atom. The molecule has 2 rings (SSSR count). The summed E-state index contributed by atoms with van der Waals surface area (Å²) in [4.78, 5) is 41.0. The van der Waals surface area contributed by atoms with Gasteiger partial charge in [0.1, 0.15) is 23.9 Å². The number of esters is 1.